The fourth-order valence-electron chi connectivity index (χ4n) is 1.46. The van der Waals surface area contributed by atoms with Crippen LogP contribution in [0.2, 0.25) is 0 Å². The van der Waals surface area contributed by atoms with Gasteiger partial charge in [0.15, 0.2) is 6.04 Å². The number of hydrogen-bond donors (Lipinski definition) is 1. The Morgan fingerprint density at radius 3 is 2.38 bits per heavy atom. The first kappa shape index (κ1) is 18.7. The number of rotatable bonds is 8. The first-order chi connectivity index (χ1) is 9.70. The van der Waals surface area contributed by atoms with Crippen LogP contribution in [0.5, 0.6) is 0 Å². The Kier molecular flexibility index (Phi) is 7.87. The van der Waals surface area contributed by atoms with Gasteiger partial charge in [-0.2, -0.15) is 0 Å². The standard InChI is InChI=1S/C11H21N3O7/c1-6-19-11(17)20-8(4)21-12-14(18)13(5)9(7(2)3)10(15)16/h7-9H,6H2,1-5H3,(H,15,16)/t8?,9-/m0/s1. The minimum Gasteiger partial charge on any atom is -0.569 e. The maximum atomic E-state index is 11.6. The SMILES string of the molecule is CCOC(=O)OC(C)ON=[N+]([O-])N(C)[C@H](C(=O)O)C(C)C. The van der Waals surface area contributed by atoms with Crippen molar-refractivity contribution in [3.63, 3.8) is 0 Å². The van der Waals surface area contributed by atoms with Gasteiger partial charge in [-0.25, -0.2) is 9.59 Å². The molecule has 10 heteroatoms. The fourth-order valence-corrected chi connectivity index (χ4v) is 1.46. The maximum absolute atomic E-state index is 11.6. The lowest BCUT2D eigenvalue weighted by Gasteiger charge is -2.23. The van der Waals surface area contributed by atoms with Crippen LogP contribution in [0.25, 0.3) is 0 Å². The molecule has 21 heavy (non-hydrogen) atoms. The number of hydrogen-bond acceptors (Lipinski definition) is 7. The number of likely N-dealkylation sites (N-methyl/N-ethyl adjacent to an activating group) is 1. The first-order valence-electron chi connectivity index (χ1n) is 6.33. The number of ether oxygens (including phenoxy) is 2. The van der Waals surface area contributed by atoms with Crippen LogP contribution in [0.4, 0.5) is 4.79 Å². The van der Waals surface area contributed by atoms with Crippen molar-refractivity contribution in [2.75, 3.05) is 13.7 Å². The summed E-state index contributed by atoms with van der Waals surface area (Å²) in [6.07, 6.45) is -2.12. The van der Waals surface area contributed by atoms with E-state index in [0.717, 1.165) is 5.01 Å². The van der Waals surface area contributed by atoms with Crippen molar-refractivity contribution in [2.24, 2.45) is 11.2 Å². The Hall–Kier alpha value is -2.26. The summed E-state index contributed by atoms with van der Waals surface area (Å²) < 4.78 is 9.10. The molecule has 1 N–H and O–H groups in total. The molecule has 122 valence electrons. The van der Waals surface area contributed by atoms with E-state index in [1.807, 2.05) is 0 Å². The highest BCUT2D eigenvalue weighted by Gasteiger charge is 2.32. The van der Waals surface area contributed by atoms with Gasteiger partial charge in [-0.1, -0.05) is 13.8 Å². The first-order valence-corrected chi connectivity index (χ1v) is 6.33. The number of carboxylic acid groups (broad SMARTS) is 1. The normalized spacial score (nSPS) is 14.3. The minimum absolute atomic E-state index is 0.0240. The second-order valence-corrected chi connectivity index (χ2v) is 4.41. The number of carbonyl (C=O) groups excluding carboxylic acids is 1. The number of carboxylic acids is 1. The second kappa shape index (κ2) is 8.82. The summed E-state index contributed by atoms with van der Waals surface area (Å²) in [4.78, 5) is 26.6. The summed E-state index contributed by atoms with van der Waals surface area (Å²) >= 11 is 0. The van der Waals surface area contributed by atoms with E-state index in [2.05, 4.69) is 19.6 Å². The lowest BCUT2D eigenvalue weighted by atomic mass is 10.1. The van der Waals surface area contributed by atoms with E-state index in [1.165, 1.54) is 14.0 Å². The third kappa shape index (κ3) is 6.63. The lowest BCUT2D eigenvalue weighted by Crippen LogP contribution is -2.45. The summed E-state index contributed by atoms with van der Waals surface area (Å²) in [6.45, 7) is 6.36. The van der Waals surface area contributed by atoms with Crippen LogP contribution < -0.4 is 0 Å². The molecule has 1 unspecified atom stereocenters. The highest BCUT2D eigenvalue weighted by atomic mass is 16.8. The Labute approximate surface area is 122 Å². The van der Waals surface area contributed by atoms with Crippen molar-refractivity contribution in [1.82, 2.24) is 5.01 Å². The van der Waals surface area contributed by atoms with Gasteiger partial charge in [0.2, 0.25) is 5.28 Å². The number of hydrazine groups is 1. The predicted molar refractivity (Wildman–Crippen MR) is 68.7 cm³/mol. The molecular weight excluding hydrogens is 286 g/mol. The third-order valence-corrected chi connectivity index (χ3v) is 2.35. The second-order valence-electron chi connectivity index (χ2n) is 4.41. The van der Waals surface area contributed by atoms with Gasteiger partial charge < -0.3 is 19.8 Å². The zero-order valence-corrected chi connectivity index (χ0v) is 12.7. The van der Waals surface area contributed by atoms with Crippen LogP contribution in [0.1, 0.15) is 27.7 Å². The van der Waals surface area contributed by atoms with Gasteiger partial charge in [-0.05, 0) is 12.8 Å². The van der Waals surface area contributed by atoms with Gasteiger partial charge >= 0.3 is 12.1 Å². The monoisotopic (exact) mass is 307 g/mol. The predicted octanol–water partition coefficient (Wildman–Crippen LogP) is 1.36. The van der Waals surface area contributed by atoms with Crippen LogP contribution in [0.15, 0.2) is 5.28 Å². The molecule has 0 aliphatic carbocycles. The van der Waals surface area contributed by atoms with Gasteiger partial charge in [0, 0.05) is 6.92 Å². The molecule has 0 saturated heterocycles. The van der Waals surface area contributed by atoms with E-state index in [0.29, 0.717) is 0 Å². The average Bonchev–Trinajstić information content (AvgIpc) is 2.35. The van der Waals surface area contributed by atoms with E-state index in [4.69, 9.17) is 5.11 Å². The molecule has 0 aromatic rings. The largest absolute Gasteiger partial charge is 0.569 e. The average molecular weight is 307 g/mol. The number of nitrogens with zero attached hydrogens (tertiary/aromatic N) is 3. The molecule has 0 aliphatic heterocycles. The van der Waals surface area contributed by atoms with Gasteiger partial charge in [-0.3, -0.25) is 4.84 Å². The van der Waals surface area contributed by atoms with Crippen molar-refractivity contribution in [3.8, 4) is 0 Å². The van der Waals surface area contributed by atoms with Gasteiger partial charge in [0.05, 0.1) is 18.6 Å². The summed E-state index contributed by atoms with van der Waals surface area (Å²) in [5.74, 6) is -1.49. The fraction of sp³-hybridized carbons (Fsp3) is 0.818. The quantitative estimate of drug-likeness (QED) is 0.234. The third-order valence-electron chi connectivity index (χ3n) is 2.35. The number of carbonyl (C=O) groups is 2. The molecule has 0 aromatic heterocycles. The zero-order chi connectivity index (χ0) is 16.6. The number of aliphatic carboxylic acids is 1. The van der Waals surface area contributed by atoms with Gasteiger partial charge in [0.1, 0.15) is 0 Å². The molecule has 0 heterocycles. The molecule has 0 bridgehead atoms. The van der Waals surface area contributed by atoms with Crippen molar-refractivity contribution in [2.45, 2.75) is 40.0 Å². The zero-order valence-electron chi connectivity index (χ0n) is 12.7. The van der Waals surface area contributed by atoms with Crippen LogP contribution in [-0.4, -0.2) is 53.2 Å². The van der Waals surface area contributed by atoms with Crippen LogP contribution in [0, 0.1) is 11.1 Å². The Balaban J connectivity index is 4.58. The molecule has 10 nitrogen and oxygen atoms in total. The van der Waals surface area contributed by atoms with Crippen molar-refractivity contribution >= 4 is 12.1 Å². The molecule has 0 aliphatic rings. The summed E-state index contributed by atoms with van der Waals surface area (Å²) in [5.41, 5.74) is 0. The van der Waals surface area contributed by atoms with Crippen molar-refractivity contribution in [3.05, 3.63) is 5.21 Å². The molecule has 0 spiro atoms. The van der Waals surface area contributed by atoms with Crippen molar-refractivity contribution < 1.29 is 34.0 Å². The van der Waals surface area contributed by atoms with Crippen LogP contribution in [0.3, 0.4) is 0 Å². The van der Waals surface area contributed by atoms with Crippen molar-refractivity contribution in [1.29, 1.82) is 0 Å². The molecular formula is C11H21N3O7. The van der Waals surface area contributed by atoms with E-state index in [-0.39, 0.29) is 17.5 Å². The van der Waals surface area contributed by atoms with E-state index < -0.39 is 24.5 Å². The topological polar surface area (TPSA) is 124 Å². The summed E-state index contributed by atoms with van der Waals surface area (Å²) in [6, 6.07) is -1.07. The maximum Gasteiger partial charge on any atom is 0.511 e. The molecule has 0 radical (unpaired) electrons. The summed E-state index contributed by atoms with van der Waals surface area (Å²) in [5, 5.41) is 24.6. The minimum atomic E-state index is -1.17. The van der Waals surface area contributed by atoms with E-state index in [9.17, 15) is 14.8 Å². The summed E-state index contributed by atoms with van der Waals surface area (Å²) in [7, 11) is 1.26. The van der Waals surface area contributed by atoms with E-state index >= 15 is 0 Å². The van der Waals surface area contributed by atoms with Crippen LogP contribution >= 0.6 is 0 Å². The Morgan fingerprint density at radius 1 is 1.38 bits per heavy atom. The Morgan fingerprint density at radius 2 is 1.95 bits per heavy atom. The molecule has 0 fully saturated rings. The molecule has 0 aromatic carbocycles. The molecule has 0 amide bonds. The van der Waals surface area contributed by atoms with Gasteiger partial charge in [0.25, 0.3) is 6.29 Å². The van der Waals surface area contributed by atoms with Gasteiger partial charge in [-0.15, -0.1) is 5.01 Å². The Bertz CT molecular complexity index is 386. The smallest absolute Gasteiger partial charge is 0.511 e. The molecule has 0 rings (SSSR count). The highest BCUT2D eigenvalue weighted by Crippen LogP contribution is 2.10. The molecule has 0 saturated carbocycles. The van der Waals surface area contributed by atoms with E-state index in [1.54, 1.807) is 20.8 Å². The lowest BCUT2D eigenvalue weighted by molar-refractivity contribution is -0.713. The highest BCUT2D eigenvalue weighted by molar-refractivity contribution is 5.73. The van der Waals surface area contributed by atoms with Crippen LogP contribution in [-0.2, 0) is 19.1 Å². The molecule has 2 atom stereocenters.